The lowest BCUT2D eigenvalue weighted by Gasteiger charge is -2.36. The monoisotopic (exact) mass is 330 g/mol. The molecule has 23 heavy (non-hydrogen) atoms. The molecule has 122 valence electrons. The van der Waals surface area contributed by atoms with Crippen molar-refractivity contribution in [2.75, 3.05) is 31.1 Å². The first-order chi connectivity index (χ1) is 11.0. The molecule has 0 saturated carbocycles. The normalized spacial score (nSPS) is 16.5. The molecule has 0 atom stereocenters. The summed E-state index contributed by atoms with van der Waals surface area (Å²) >= 11 is 0. The quantitative estimate of drug-likeness (QED) is 0.869. The number of sulfonamides is 1. The molecule has 5 heteroatoms. The van der Waals surface area contributed by atoms with Crippen LogP contribution in [0.1, 0.15) is 11.1 Å². The maximum atomic E-state index is 12.6. The third-order valence-electron chi connectivity index (χ3n) is 4.31. The van der Waals surface area contributed by atoms with Crippen molar-refractivity contribution in [2.24, 2.45) is 0 Å². The fraction of sp³-hybridized carbons (Fsp3) is 0.333. The highest BCUT2D eigenvalue weighted by Crippen LogP contribution is 2.24. The lowest BCUT2D eigenvalue weighted by molar-refractivity contribution is 0.385. The van der Waals surface area contributed by atoms with E-state index in [1.807, 2.05) is 6.07 Å². The van der Waals surface area contributed by atoms with Crippen LogP contribution in [0.3, 0.4) is 0 Å². The van der Waals surface area contributed by atoms with Gasteiger partial charge in [-0.15, -0.1) is 0 Å². The lowest BCUT2D eigenvalue weighted by atomic mass is 10.1. The molecule has 1 heterocycles. The van der Waals surface area contributed by atoms with Gasteiger partial charge in [0.25, 0.3) is 0 Å². The van der Waals surface area contributed by atoms with Gasteiger partial charge in [0.1, 0.15) is 0 Å². The first-order valence-electron chi connectivity index (χ1n) is 7.86. The summed E-state index contributed by atoms with van der Waals surface area (Å²) in [5.41, 5.74) is 3.69. The summed E-state index contributed by atoms with van der Waals surface area (Å²) in [4.78, 5) is 2.64. The van der Waals surface area contributed by atoms with Gasteiger partial charge >= 0.3 is 0 Å². The molecule has 3 rings (SSSR count). The van der Waals surface area contributed by atoms with Crippen LogP contribution >= 0.6 is 0 Å². The highest BCUT2D eigenvalue weighted by atomic mass is 32.2. The fourth-order valence-electron chi connectivity index (χ4n) is 3.07. The number of nitrogens with zero attached hydrogens (tertiary/aromatic N) is 2. The Kier molecular flexibility index (Phi) is 4.41. The van der Waals surface area contributed by atoms with Crippen LogP contribution in [0.2, 0.25) is 0 Å². The Balaban J connectivity index is 1.74. The smallest absolute Gasteiger partial charge is 0.243 e. The zero-order chi connectivity index (χ0) is 16.4. The third kappa shape index (κ3) is 3.26. The minimum absolute atomic E-state index is 0.375. The molecule has 1 saturated heterocycles. The lowest BCUT2D eigenvalue weighted by Crippen LogP contribution is -2.48. The van der Waals surface area contributed by atoms with Crippen molar-refractivity contribution in [3.05, 3.63) is 59.7 Å². The Labute approximate surface area is 138 Å². The van der Waals surface area contributed by atoms with Gasteiger partial charge in [-0.1, -0.05) is 35.9 Å². The topological polar surface area (TPSA) is 40.6 Å². The van der Waals surface area contributed by atoms with Crippen molar-refractivity contribution in [3.63, 3.8) is 0 Å². The van der Waals surface area contributed by atoms with Crippen LogP contribution in [0.15, 0.2) is 53.4 Å². The zero-order valence-corrected chi connectivity index (χ0v) is 14.4. The average molecular weight is 330 g/mol. The molecule has 0 radical (unpaired) electrons. The van der Waals surface area contributed by atoms with Gasteiger partial charge < -0.3 is 4.90 Å². The van der Waals surface area contributed by atoms with E-state index in [-0.39, 0.29) is 0 Å². The third-order valence-corrected chi connectivity index (χ3v) is 6.23. The minimum Gasteiger partial charge on any atom is -0.369 e. The zero-order valence-electron chi connectivity index (χ0n) is 13.6. The molecule has 1 fully saturated rings. The van der Waals surface area contributed by atoms with Gasteiger partial charge in [-0.25, -0.2) is 8.42 Å². The molecular weight excluding hydrogens is 308 g/mol. The second kappa shape index (κ2) is 6.34. The fourth-order valence-corrected chi connectivity index (χ4v) is 4.51. The Bertz CT molecular complexity index is 780. The SMILES string of the molecule is Cc1ccc(N2CCN(S(=O)(=O)c3ccccc3)CC2)c(C)c1. The molecule has 0 aliphatic carbocycles. The molecule has 1 aliphatic rings. The van der Waals surface area contributed by atoms with Crippen LogP contribution in [0.5, 0.6) is 0 Å². The van der Waals surface area contributed by atoms with Crippen molar-refractivity contribution >= 4 is 15.7 Å². The van der Waals surface area contributed by atoms with Crippen LogP contribution in [0.25, 0.3) is 0 Å². The molecule has 0 bridgehead atoms. The van der Waals surface area contributed by atoms with E-state index in [1.165, 1.54) is 16.8 Å². The summed E-state index contributed by atoms with van der Waals surface area (Å²) in [6.45, 7) is 6.66. The molecule has 0 amide bonds. The first-order valence-corrected chi connectivity index (χ1v) is 9.30. The molecule has 2 aromatic carbocycles. The second-order valence-corrected chi connectivity index (χ2v) is 7.93. The molecule has 1 aliphatic heterocycles. The predicted octanol–water partition coefficient (Wildman–Crippen LogP) is 2.81. The van der Waals surface area contributed by atoms with Crippen LogP contribution in [0.4, 0.5) is 5.69 Å². The van der Waals surface area contributed by atoms with E-state index in [4.69, 9.17) is 0 Å². The molecule has 0 unspecified atom stereocenters. The average Bonchev–Trinajstić information content (AvgIpc) is 2.56. The van der Waals surface area contributed by atoms with Gasteiger partial charge in [0.05, 0.1) is 4.90 Å². The number of hydrogen-bond acceptors (Lipinski definition) is 3. The van der Waals surface area contributed by atoms with Crippen LogP contribution < -0.4 is 4.90 Å². The van der Waals surface area contributed by atoms with Gasteiger partial charge in [0.2, 0.25) is 10.0 Å². The van der Waals surface area contributed by atoms with E-state index in [2.05, 4.69) is 36.9 Å². The first kappa shape index (κ1) is 16.0. The number of rotatable bonds is 3. The Morgan fingerprint density at radius 1 is 0.870 bits per heavy atom. The van der Waals surface area contributed by atoms with Crippen LogP contribution in [0, 0.1) is 13.8 Å². The Morgan fingerprint density at radius 3 is 2.13 bits per heavy atom. The van der Waals surface area contributed by atoms with Crippen LogP contribution in [-0.4, -0.2) is 38.9 Å². The van der Waals surface area contributed by atoms with E-state index in [1.54, 1.807) is 28.6 Å². The number of benzene rings is 2. The van der Waals surface area contributed by atoms with Gasteiger partial charge in [-0.2, -0.15) is 4.31 Å². The van der Waals surface area contributed by atoms with E-state index in [0.717, 1.165) is 13.1 Å². The van der Waals surface area contributed by atoms with Gasteiger partial charge in [-0.3, -0.25) is 0 Å². The molecular formula is C18H22N2O2S. The number of anilines is 1. The highest BCUT2D eigenvalue weighted by molar-refractivity contribution is 7.89. The summed E-state index contributed by atoms with van der Waals surface area (Å²) in [5, 5.41) is 0. The van der Waals surface area contributed by atoms with Crippen LogP contribution in [-0.2, 0) is 10.0 Å². The minimum atomic E-state index is -3.38. The number of piperazine rings is 1. The molecule has 0 spiro atoms. The summed E-state index contributed by atoms with van der Waals surface area (Å²) < 4.78 is 26.9. The van der Waals surface area contributed by atoms with E-state index < -0.39 is 10.0 Å². The highest BCUT2D eigenvalue weighted by Gasteiger charge is 2.28. The Hall–Kier alpha value is -1.85. The second-order valence-electron chi connectivity index (χ2n) is 5.99. The summed E-state index contributed by atoms with van der Waals surface area (Å²) in [7, 11) is -3.38. The summed E-state index contributed by atoms with van der Waals surface area (Å²) in [5.74, 6) is 0. The number of hydrogen-bond donors (Lipinski definition) is 0. The van der Waals surface area contributed by atoms with Crippen molar-refractivity contribution in [3.8, 4) is 0 Å². The molecule has 0 aromatic heterocycles. The molecule has 0 N–H and O–H groups in total. The van der Waals surface area contributed by atoms with E-state index in [0.29, 0.717) is 18.0 Å². The maximum Gasteiger partial charge on any atom is 0.243 e. The molecule has 2 aromatic rings. The van der Waals surface area contributed by atoms with Crippen molar-refractivity contribution in [2.45, 2.75) is 18.7 Å². The van der Waals surface area contributed by atoms with Gasteiger partial charge in [-0.05, 0) is 37.6 Å². The number of aryl methyl sites for hydroxylation is 2. The van der Waals surface area contributed by atoms with Gasteiger partial charge in [0.15, 0.2) is 0 Å². The van der Waals surface area contributed by atoms with Crippen molar-refractivity contribution in [1.82, 2.24) is 4.31 Å². The largest absolute Gasteiger partial charge is 0.369 e. The van der Waals surface area contributed by atoms with Crippen molar-refractivity contribution in [1.29, 1.82) is 0 Å². The summed E-state index contributed by atoms with van der Waals surface area (Å²) in [6.07, 6.45) is 0. The summed E-state index contributed by atoms with van der Waals surface area (Å²) in [6, 6.07) is 15.1. The standard InChI is InChI=1S/C18H22N2O2S/c1-15-8-9-18(16(2)14-15)19-10-12-20(13-11-19)23(21,22)17-6-4-3-5-7-17/h3-9,14H,10-13H2,1-2H3. The van der Waals surface area contributed by atoms with E-state index >= 15 is 0 Å². The van der Waals surface area contributed by atoms with Crippen molar-refractivity contribution < 1.29 is 8.42 Å². The molecule has 4 nitrogen and oxygen atoms in total. The predicted molar refractivity (Wildman–Crippen MR) is 93.3 cm³/mol. The maximum absolute atomic E-state index is 12.6. The van der Waals surface area contributed by atoms with E-state index in [9.17, 15) is 8.42 Å². The van der Waals surface area contributed by atoms with Gasteiger partial charge in [0, 0.05) is 31.9 Å². The Morgan fingerprint density at radius 2 is 1.52 bits per heavy atom.